The molecule has 0 unspecified atom stereocenters. The van der Waals surface area contributed by atoms with Crippen molar-refractivity contribution in [1.29, 1.82) is 0 Å². The average molecular weight is 1110 g/mol. The number of halogens is 3. The molecule has 0 bridgehead atoms. The van der Waals surface area contributed by atoms with Gasteiger partial charge in [0.15, 0.2) is 0 Å². The second-order valence-electron chi connectivity index (χ2n) is 23.0. The zero-order valence-corrected chi connectivity index (χ0v) is 48.1. The number of ether oxygens (including phenoxy) is 4. The smallest absolute Gasteiger partial charge is 0.125 e. The number of nitrogens with one attached hydrogen (secondary N) is 1. The molecule has 14 rings (SSSR count). The van der Waals surface area contributed by atoms with Gasteiger partial charge in [0.1, 0.15) is 11.6 Å². The first-order valence-corrected chi connectivity index (χ1v) is 29.0. The number of hydrogen-bond acceptors (Lipinski definition) is 12. The number of fused-ring (bicyclic) bond motifs is 6. The molecule has 81 heavy (non-hydrogen) atoms. The topological polar surface area (TPSA) is 110 Å². The maximum absolute atomic E-state index is 14.6. The monoisotopic (exact) mass is 1110 g/mol. The van der Waals surface area contributed by atoms with Gasteiger partial charge in [0.05, 0.1) is 106 Å². The molecule has 8 aromatic rings. The van der Waals surface area contributed by atoms with Gasteiger partial charge in [-0.2, -0.15) is 0 Å². The van der Waals surface area contributed by atoms with Crippen LogP contribution in [0.15, 0.2) is 97.3 Å². The van der Waals surface area contributed by atoms with Crippen molar-refractivity contribution < 1.29 is 27.7 Å². The first-order chi connectivity index (χ1) is 39.2. The summed E-state index contributed by atoms with van der Waals surface area (Å²) in [6.45, 7) is 24.1. The number of pyridine rings is 4. The summed E-state index contributed by atoms with van der Waals surface area (Å²) in [7, 11) is 0. The quantitative estimate of drug-likeness (QED) is 0.177. The third-order valence-corrected chi connectivity index (χ3v) is 17.8. The molecule has 4 fully saturated rings. The summed E-state index contributed by atoms with van der Waals surface area (Å²) in [5, 5.41) is 5.94. The number of hydrogen-bond donors (Lipinski definition) is 1. The van der Waals surface area contributed by atoms with E-state index in [2.05, 4.69) is 94.3 Å². The predicted molar refractivity (Wildman–Crippen MR) is 321 cm³/mol. The molecule has 2 spiro atoms. The number of rotatable bonds is 5. The summed E-state index contributed by atoms with van der Waals surface area (Å²) < 4.78 is 50.4. The third kappa shape index (κ3) is 10.9. The fraction of sp³-hybridized carbons (Fsp3) is 0.394. The molecule has 4 saturated heterocycles. The van der Waals surface area contributed by atoms with Gasteiger partial charge in [0, 0.05) is 111 Å². The van der Waals surface area contributed by atoms with E-state index in [1.165, 1.54) is 51.5 Å². The van der Waals surface area contributed by atoms with Crippen molar-refractivity contribution in [3.63, 3.8) is 0 Å². The lowest BCUT2D eigenvalue weighted by Crippen LogP contribution is -2.38. The molecular weight excluding hydrogens is 1040 g/mol. The summed E-state index contributed by atoms with van der Waals surface area (Å²) in [5.74, 6) is -0.582. The largest absolute Gasteiger partial charge is 0.383 e. The van der Waals surface area contributed by atoms with E-state index in [1.807, 2.05) is 39.2 Å². The Morgan fingerprint density at radius 3 is 1.54 bits per heavy atom. The first kappa shape index (κ1) is 54.8. The van der Waals surface area contributed by atoms with Gasteiger partial charge in [-0.05, 0) is 139 Å². The molecule has 6 aliphatic heterocycles. The zero-order valence-electron chi connectivity index (χ0n) is 47.4. The molecule has 0 aliphatic carbocycles. The Morgan fingerprint density at radius 1 is 0.519 bits per heavy atom. The van der Waals surface area contributed by atoms with Crippen LogP contribution < -0.4 is 20.0 Å². The molecule has 6 aliphatic rings. The van der Waals surface area contributed by atoms with Crippen LogP contribution in [0.4, 0.5) is 37.2 Å². The van der Waals surface area contributed by atoms with Gasteiger partial charge in [0.25, 0.3) is 0 Å². The van der Waals surface area contributed by atoms with Gasteiger partial charge in [-0.15, -0.1) is 0 Å². The number of morpholine rings is 2. The highest BCUT2D eigenvalue weighted by Gasteiger charge is 2.47. The lowest BCUT2D eigenvalue weighted by Gasteiger charge is -2.34. The minimum Gasteiger partial charge on any atom is -0.383 e. The van der Waals surface area contributed by atoms with E-state index >= 15 is 0 Å². The molecule has 420 valence electrons. The van der Waals surface area contributed by atoms with Crippen LogP contribution in [0.5, 0.6) is 0 Å². The fourth-order valence-electron chi connectivity index (χ4n) is 13.1. The summed E-state index contributed by atoms with van der Waals surface area (Å²) in [6.07, 6.45) is 8.10. The van der Waals surface area contributed by atoms with E-state index < -0.39 is 0 Å². The minimum absolute atomic E-state index is 0.0841. The van der Waals surface area contributed by atoms with Crippen LogP contribution in [0.3, 0.4) is 0 Å². The van der Waals surface area contributed by atoms with E-state index in [0.29, 0.717) is 16.1 Å². The highest BCUT2D eigenvalue weighted by molar-refractivity contribution is 6.36. The molecule has 10 heterocycles. The lowest BCUT2D eigenvalue weighted by molar-refractivity contribution is 0.0545. The second-order valence-corrected chi connectivity index (χ2v) is 23.4. The van der Waals surface area contributed by atoms with Crippen LogP contribution >= 0.6 is 11.6 Å². The molecule has 1 N–H and O–H groups in total. The molecule has 12 nitrogen and oxygen atoms in total. The van der Waals surface area contributed by atoms with Crippen LogP contribution in [0.1, 0.15) is 70.5 Å². The number of benzene rings is 4. The molecule has 0 atom stereocenters. The molecular formula is C66H71ClF2N8O4. The van der Waals surface area contributed by atoms with Gasteiger partial charge >= 0.3 is 0 Å². The van der Waals surface area contributed by atoms with E-state index in [0.717, 1.165) is 185 Å². The van der Waals surface area contributed by atoms with Crippen LogP contribution in [0, 0.1) is 53.2 Å². The Balaban J connectivity index is 0.000000133. The molecule has 4 aromatic heterocycles. The highest BCUT2D eigenvalue weighted by Crippen LogP contribution is 2.52. The SMILES string of the molecule is Cc1cc(C)cc(-c2nc3cc(F)ccc3c(Cl)c2C)c1.Cc1cc(C)cc(-c2nc3cc(F)ccc3c(N3CC4(CCOCC4)c4ncc(N5CCOCC5)cc43)c2C)c1.c1nc2c(cc1N1CCOCC1)NCC21CCOCC1. The van der Waals surface area contributed by atoms with Crippen LogP contribution in [-0.4, -0.2) is 112 Å². The standard InChI is InChI=1S/C33H35FN4O2.C18H15ClFN.C15H21N3O2/c1-21-14-22(2)16-24(15-21)30-23(3)31(27-5-4-25(34)17-28(27)36-30)38-20-33(6-10-39-11-7-33)32-29(38)18-26(19-35-32)37-8-12-40-13-9-37;1-10-6-11(2)8-13(7-10)18-12(3)17(19)15-5-4-14(20)9-16(15)21-18;1-5-19-6-2-15(1)11-17-13-9-12(10-16-14(13)15)18-3-7-20-8-4-18/h4-5,14-19H,6-13,20H2,1-3H3;4-9H,1-3H3;9-10,17H,1-8,11H2. The Morgan fingerprint density at radius 2 is 0.988 bits per heavy atom. The summed E-state index contributed by atoms with van der Waals surface area (Å²) in [4.78, 5) is 26.8. The Hall–Kier alpha value is -6.81. The Labute approximate surface area is 478 Å². The molecule has 15 heteroatoms. The predicted octanol–water partition coefficient (Wildman–Crippen LogP) is 13.4. The van der Waals surface area contributed by atoms with Gasteiger partial charge in [0.2, 0.25) is 0 Å². The normalized spacial score (nSPS) is 18.1. The van der Waals surface area contributed by atoms with Crippen LogP contribution in [0.2, 0.25) is 5.02 Å². The maximum Gasteiger partial charge on any atom is 0.125 e. The maximum atomic E-state index is 14.6. The van der Waals surface area contributed by atoms with E-state index in [9.17, 15) is 8.78 Å². The van der Waals surface area contributed by atoms with Gasteiger partial charge in [-0.1, -0.05) is 46.0 Å². The Kier molecular flexibility index (Phi) is 15.5. The minimum atomic E-state index is -0.304. The van der Waals surface area contributed by atoms with Crippen molar-refractivity contribution in [1.82, 2.24) is 19.9 Å². The van der Waals surface area contributed by atoms with Crippen molar-refractivity contribution in [2.24, 2.45) is 0 Å². The number of nitrogens with zero attached hydrogens (tertiary/aromatic N) is 7. The van der Waals surface area contributed by atoms with E-state index in [-0.39, 0.29) is 22.5 Å². The third-order valence-electron chi connectivity index (χ3n) is 17.3. The lowest BCUT2D eigenvalue weighted by atomic mass is 9.78. The van der Waals surface area contributed by atoms with Crippen molar-refractivity contribution in [2.45, 2.75) is 78.1 Å². The zero-order chi connectivity index (χ0) is 56.0. The van der Waals surface area contributed by atoms with Crippen LogP contribution in [-0.2, 0) is 29.8 Å². The summed E-state index contributed by atoms with van der Waals surface area (Å²) in [6, 6.07) is 26.9. The van der Waals surface area contributed by atoms with Gasteiger partial charge in [-0.3, -0.25) is 9.97 Å². The first-order valence-electron chi connectivity index (χ1n) is 28.6. The summed E-state index contributed by atoms with van der Waals surface area (Å²) in [5.41, 5.74) is 20.0. The van der Waals surface area contributed by atoms with E-state index in [1.54, 1.807) is 18.2 Å². The number of anilines is 5. The van der Waals surface area contributed by atoms with Crippen molar-refractivity contribution in [3.8, 4) is 22.5 Å². The highest BCUT2D eigenvalue weighted by atomic mass is 35.5. The molecule has 0 radical (unpaired) electrons. The fourth-order valence-corrected chi connectivity index (χ4v) is 13.4. The molecule has 4 aromatic carbocycles. The molecule has 0 saturated carbocycles. The second kappa shape index (κ2) is 22.9. The average Bonchev–Trinajstić information content (AvgIpc) is 3.75. The van der Waals surface area contributed by atoms with Crippen LogP contribution in [0.25, 0.3) is 44.3 Å². The van der Waals surface area contributed by atoms with Crippen molar-refractivity contribution >= 4 is 61.8 Å². The van der Waals surface area contributed by atoms with Crippen molar-refractivity contribution in [3.05, 3.63) is 159 Å². The van der Waals surface area contributed by atoms with Gasteiger partial charge in [-0.25, -0.2) is 18.7 Å². The Bertz CT molecular complexity index is 3630. The van der Waals surface area contributed by atoms with Crippen molar-refractivity contribution in [2.75, 3.05) is 112 Å². The van der Waals surface area contributed by atoms with Gasteiger partial charge < -0.3 is 39.0 Å². The molecule has 0 amide bonds. The number of aromatic nitrogens is 4. The van der Waals surface area contributed by atoms with E-state index in [4.69, 9.17) is 45.5 Å². The summed E-state index contributed by atoms with van der Waals surface area (Å²) >= 11 is 6.45. The number of aryl methyl sites for hydroxylation is 4.